The van der Waals surface area contributed by atoms with Crippen LogP contribution in [0.15, 0.2) is 12.1 Å². The minimum Gasteiger partial charge on any atom is -0.477 e. The van der Waals surface area contributed by atoms with E-state index in [0.29, 0.717) is 6.54 Å². The monoisotopic (exact) mass is 225 g/mol. The van der Waals surface area contributed by atoms with Gasteiger partial charge in [0.05, 0.1) is 4.92 Å². The molecule has 0 unspecified atom stereocenters. The fourth-order valence-electron chi connectivity index (χ4n) is 1.13. The van der Waals surface area contributed by atoms with E-state index in [-0.39, 0.29) is 17.2 Å². The Morgan fingerprint density at radius 2 is 2.25 bits per heavy atom. The summed E-state index contributed by atoms with van der Waals surface area (Å²) in [5, 5.41) is 19.5. The Balaban J connectivity index is 3.32. The standard InChI is InChI=1S/C9H11N3O4/c1-3-11(2)8-7(12(15)16)5-4-6(10-8)9(13)14/h4-5H,3H2,1-2H3,(H,13,14). The molecule has 0 aliphatic carbocycles. The van der Waals surface area contributed by atoms with Crippen LogP contribution in [0, 0.1) is 10.1 Å². The number of anilines is 1. The fraction of sp³-hybridized carbons (Fsp3) is 0.333. The molecule has 1 N–H and O–H groups in total. The molecule has 0 aliphatic heterocycles. The Labute approximate surface area is 91.5 Å². The van der Waals surface area contributed by atoms with E-state index in [4.69, 9.17) is 5.11 Å². The van der Waals surface area contributed by atoms with Gasteiger partial charge in [-0.2, -0.15) is 0 Å². The summed E-state index contributed by atoms with van der Waals surface area (Å²) >= 11 is 0. The van der Waals surface area contributed by atoms with Gasteiger partial charge in [0.2, 0.25) is 5.82 Å². The number of rotatable bonds is 4. The number of carboxylic acid groups (broad SMARTS) is 1. The predicted molar refractivity (Wildman–Crippen MR) is 56.8 cm³/mol. The molecule has 0 saturated heterocycles. The summed E-state index contributed by atoms with van der Waals surface area (Å²) in [7, 11) is 1.61. The zero-order chi connectivity index (χ0) is 12.3. The van der Waals surface area contributed by atoms with Gasteiger partial charge in [0.15, 0.2) is 5.69 Å². The lowest BCUT2D eigenvalue weighted by Crippen LogP contribution is -2.20. The van der Waals surface area contributed by atoms with Gasteiger partial charge in [-0.1, -0.05) is 0 Å². The highest BCUT2D eigenvalue weighted by Gasteiger charge is 2.20. The predicted octanol–water partition coefficient (Wildman–Crippen LogP) is 1.14. The molecular formula is C9H11N3O4. The van der Waals surface area contributed by atoms with Gasteiger partial charge in [-0.3, -0.25) is 10.1 Å². The smallest absolute Gasteiger partial charge is 0.354 e. The van der Waals surface area contributed by atoms with Gasteiger partial charge >= 0.3 is 11.7 Å². The number of aromatic nitrogens is 1. The molecule has 1 heterocycles. The zero-order valence-electron chi connectivity index (χ0n) is 8.88. The lowest BCUT2D eigenvalue weighted by molar-refractivity contribution is -0.384. The lowest BCUT2D eigenvalue weighted by Gasteiger charge is -2.15. The number of carboxylic acids is 1. The third-order valence-corrected chi connectivity index (χ3v) is 2.11. The van der Waals surface area contributed by atoms with E-state index >= 15 is 0 Å². The van der Waals surface area contributed by atoms with E-state index < -0.39 is 10.9 Å². The summed E-state index contributed by atoms with van der Waals surface area (Å²) in [6.45, 7) is 2.29. The molecular weight excluding hydrogens is 214 g/mol. The van der Waals surface area contributed by atoms with Crippen LogP contribution in [0.25, 0.3) is 0 Å². The van der Waals surface area contributed by atoms with Crippen molar-refractivity contribution in [2.45, 2.75) is 6.92 Å². The van der Waals surface area contributed by atoms with Crippen molar-refractivity contribution in [1.29, 1.82) is 0 Å². The van der Waals surface area contributed by atoms with E-state index in [1.54, 1.807) is 14.0 Å². The highest BCUT2D eigenvalue weighted by atomic mass is 16.6. The van der Waals surface area contributed by atoms with Crippen molar-refractivity contribution >= 4 is 17.5 Å². The summed E-state index contributed by atoms with van der Waals surface area (Å²) in [6, 6.07) is 2.27. The number of hydrogen-bond acceptors (Lipinski definition) is 5. The van der Waals surface area contributed by atoms with Crippen molar-refractivity contribution < 1.29 is 14.8 Å². The maximum Gasteiger partial charge on any atom is 0.354 e. The molecule has 16 heavy (non-hydrogen) atoms. The summed E-state index contributed by atoms with van der Waals surface area (Å²) in [5.41, 5.74) is -0.407. The normalized spacial score (nSPS) is 9.88. The van der Waals surface area contributed by atoms with Crippen molar-refractivity contribution in [3.8, 4) is 0 Å². The summed E-state index contributed by atoms with van der Waals surface area (Å²) in [5.74, 6) is -1.15. The third-order valence-electron chi connectivity index (χ3n) is 2.11. The molecule has 0 bridgehead atoms. The van der Waals surface area contributed by atoms with Crippen molar-refractivity contribution in [1.82, 2.24) is 4.98 Å². The van der Waals surface area contributed by atoms with Crippen molar-refractivity contribution in [3.63, 3.8) is 0 Å². The van der Waals surface area contributed by atoms with Gasteiger partial charge in [-0.05, 0) is 13.0 Å². The van der Waals surface area contributed by atoms with Gasteiger partial charge in [0, 0.05) is 19.7 Å². The molecule has 7 nitrogen and oxygen atoms in total. The molecule has 0 amide bonds. The Morgan fingerprint density at radius 3 is 2.69 bits per heavy atom. The molecule has 0 aliphatic rings. The van der Waals surface area contributed by atoms with Gasteiger partial charge in [-0.25, -0.2) is 9.78 Å². The molecule has 86 valence electrons. The lowest BCUT2D eigenvalue weighted by atomic mass is 10.3. The molecule has 0 aromatic carbocycles. The number of nitrogens with zero attached hydrogens (tertiary/aromatic N) is 3. The number of nitro groups is 1. The molecule has 0 spiro atoms. The molecule has 0 saturated carbocycles. The maximum absolute atomic E-state index is 10.7. The highest BCUT2D eigenvalue weighted by molar-refractivity contribution is 5.86. The molecule has 1 rings (SSSR count). The van der Waals surface area contributed by atoms with Crippen LogP contribution in [-0.4, -0.2) is 34.6 Å². The Hall–Kier alpha value is -2.18. The number of hydrogen-bond donors (Lipinski definition) is 1. The highest BCUT2D eigenvalue weighted by Crippen LogP contribution is 2.24. The Kier molecular flexibility index (Phi) is 3.39. The first kappa shape index (κ1) is 11.9. The van der Waals surface area contributed by atoms with Crippen LogP contribution in [0.1, 0.15) is 17.4 Å². The fourth-order valence-corrected chi connectivity index (χ4v) is 1.13. The molecule has 7 heteroatoms. The SMILES string of the molecule is CCN(C)c1nc(C(=O)O)ccc1[N+](=O)[O-]. The maximum atomic E-state index is 10.7. The summed E-state index contributed by atoms with van der Waals surface area (Å²) in [4.78, 5) is 26.1. The van der Waals surface area contributed by atoms with Gasteiger partial charge in [0.1, 0.15) is 0 Å². The number of pyridine rings is 1. The first-order valence-corrected chi connectivity index (χ1v) is 4.57. The summed E-state index contributed by atoms with van der Waals surface area (Å²) in [6.07, 6.45) is 0. The van der Waals surface area contributed by atoms with E-state index in [2.05, 4.69) is 4.98 Å². The quantitative estimate of drug-likeness (QED) is 0.609. The molecule has 0 radical (unpaired) electrons. The van der Waals surface area contributed by atoms with Gasteiger partial charge in [0.25, 0.3) is 0 Å². The van der Waals surface area contributed by atoms with Crippen LogP contribution in [0.4, 0.5) is 11.5 Å². The second-order valence-electron chi connectivity index (χ2n) is 3.12. The van der Waals surface area contributed by atoms with Crippen LogP contribution in [0.2, 0.25) is 0 Å². The molecule has 1 aromatic rings. The minimum absolute atomic E-state index is 0.0624. The second-order valence-corrected chi connectivity index (χ2v) is 3.12. The van der Waals surface area contributed by atoms with E-state index in [1.807, 2.05) is 0 Å². The zero-order valence-corrected chi connectivity index (χ0v) is 8.88. The Bertz CT molecular complexity index is 433. The van der Waals surface area contributed by atoms with Crippen molar-refractivity contribution in [2.75, 3.05) is 18.5 Å². The van der Waals surface area contributed by atoms with Crippen LogP contribution >= 0.6 is 0 Å². The molecule has 0 fully saturated rings. The van der Waals surface area contributed by atoms with E-state index in [1.165, 1.54) is 4.90 Å². The molecule has 0 atom stereocenters. The van der Waals surface area contributed by atoms with Crippen LogP contribution < -0.4 is 4.90 Å². The topological polar surface area (TPSA) is 96.6 Å². The number of carbonyl (C=O) groups is 1. The average Bonchev–Trinajstić information content (AvgIpc) is 2.26. The van der Waals surface area contributed by atoms with Crippen LogP contribution in [-0.2, 0) is 0 Å². The average molecular weight is 225 g/mol. The van der Waals surface area contributed by atoms with Crippen molar-refractivity contribution in [2.24, 2.45) is 0 Å². The van der Waals surface area contributed by atoms with Crippen molar-refractivity contribution in [3.05, 3.63) is 27.9 Å². The first-order chi connectivity index (χ1) is 7.47. The minimum atomic E-state index is -1.21. The Morgan fingerprint density at radius 1 is 1.62 bits per heavy atom. The number of aromatic carboxylic acids is 1. The van der Waals surface area contributed by atoms with Gasteiger partial charge in [-0.15, -0.1) is 0 Å². The largest absolute Gasteiger partial charge is 0.477 e. The van der Waals surface area contributed by atoms with Gasteiger partial charge < -0.3 is 10.0 Å². The van der Waals surface area contributed by atoms with Crippen LogP contribution in [0.3, 0.4) is 0 Å². The second kappa shape index (κ2) is 4.56. The molecule has 1 aromatic heterocycles. The van der Waals surface area contributed by atoms with Crippen LogP contribution in [0.5, 0.6) is 0 Å². The third kappa shape index (κ3) is 2.25. The summed E-state index contributed by atoms with van der Waals surface area (Å²) < 4.78 is 0. The first-order valence-electron chi connectivity index (χ1n) is 4.57. The van der Waals surface area contributed by atoms with E-state index in [9.17, 15) is 14.9 Å². The van der Waals surface area contributed by atoms with E-state index in [0.717, 1.165) is 12.1 Å².